The van der Waals surface area contributed by atoms with Gasteiger partial charge >= 0.3 is 0 Å². The molecule has 0 unspecified atom stereocenters. The minimum absolute atomic E-state index is 0.588. The minimum atomic E-state index is 0.588. The number of fused-ring (bicyclic) bond motifs is 1. The van der Waals surface area contributed by atoms with Crippen LogP contribution in [-0.4, -0.2) is 28.1 Å². The predicted octanol–water partition coefficient (Wildman–Crippen LogP) is 3.03. The standard InChI is InChI=1S/C18H20N4O/c1-2-14-11-22(8-9-23-18(14)19-7-1)16-10-15(12-3-4-12)20-17(21-16)13-5-6-13/h1-2,7,10,12-13H,3-6,8-9,11H2. The van der Waals surface area contributed by atoms with Crippen LogP contribution >= 0.6 is 0 Å². The van der Waals surface area contributed by atoms with Gasteiger partial charge in [-0.3, -0.25) is 0 Å². The van der Waals surface area contributed by atoms with Gasteiger partial charge in [-0.25, -0.2) is 15.0 Å². The van der Waals surface area contributed by atoms with Crippen LogP contribution in [0.5, 0.6) is 5.88 Å². The first-order valence-electron chi connectivity index (χ1n) is 8.57. The number of ether oxygens (including phenoxy) is 1. The number of aromatic nitrogens is 3. The zero-order valence-corrected chi connectivity index (χ0v) is 13.1. The Morgan fingerprint density at radius 1 is 1.09 bits per heavy atom. The number of nitrogens with zero attached hydrogens (tertiary/aromatic N) is 4. The van der Waals surface area contributed by atoms with Gasteiger partial charge in [0, 0.05) is 41.9 Å². The summed E-state index contributed by atoms with van der Waals surface area (Å²) in [5.41, 5.74) is 2.37. The van der Waals surface area contributed by atoms with Gasteiger partial charge in [0.25, 0.3) is 0 Å². The Labute approximate surface area is 135 Å². The average molecular weight is 308 g/mol. The molecule has 2 aromatic heterocycles. The van der Waals surface area contributed by atoms with Gasteiger partial charge in [0.2, 0.25) is 5.88 Å². The largest absolute Gasteiger partial charge is 0.476 e. The number of hydrogen-bond acceptors (Lipinski definition) is 5. The zero-order valence-electron chi connectivity index (χ0n) is 13.1. The lowest BCUT2D eigenvalue weighted by molar-refractivity contribution is 0.319. The molecule has 0 aromatic carbocycles. The van der Waals surface area contributed by atoms with Crippen molar-refractivity contribution < 1.29 is 4.74 Å². The summed E-state index contributed by atoms with van der Waals surface area (Å²) >= 11 is 0. The van der Waals surface area contributed by atoms with Crippen molar-refractivity contribution in [2.24, 2.45) is 0 Å². The number of hydrogen-bond donors (Lipinski definition) is 0. The van der Waals surface area contributed by atoms with Crippen LogP contribution in [0.25, 0.3) is 0 Å². The predicted molar refractivity (Wildman–Crippen MR) is 86.8 cm³/mol. The Bertz CT molecular complexity index is 709. The molecule has 2 aromatic rings. The second-order valence-corrected chi connectivity index (χ2v) is 6.80. The van der Waals surface area contributed by atoms with Crippen LogP contribution in [0.1, 0.15) is 54.6 Å². The summed E-state index contributed by atoms with van der Waals surface area (Å²) in [7, 11) is 0. The molecule has 1 aliphatic heterocycles. The van der Waals surface area contributed by atoms with Crippen molar-refractivity contribution in [3.63, 3.8) is 0 Å². The molecule has 0 amide bonds. The van der Waals surface area contributed by atoms with E-state index in [1.807, 2.05) is 6.07 Å². The molecule has 0 radical (unpaired) electrons. The van der Waals surface area contributed by atoms with Gasteiger partial charge in [-0.15, -0.1) is 0 Å². The van der Waals surface area contributed by atoms with Gasteiger partial charge < -0.3 is 9.64 Å². The van der Waals surface area contributed by atoms with E-state index in [4.69, 9.17) is 14.7 Å². The summed E-state index contributed by atoms with van der Waals surface area (Å²) in [4.78, 5) is 16.4. The molecule has 3 heterocycles. The summed E-state index contributed by atoms with van der Waals surface area (Å²) < 4.78 is 5.78. The first-order chi connectivity index (χ1) is 11.4. The van der Waals surface area contributed by atoms with Crippen LogP contribution in [0.4, 0.5) is 5.82 Å². The maximum atomic E-state index is 5.78. The Hall–Kier alpha value is -2.17. The van der Waals surface area contributed by atoms with E-state index in [1.54, 1.807) is 6.20 Å². The highest BCUT2D eigenvalue weighted by atomic mass is 16.5. The normalized spacial score (nSPS) is 20.6. The monoisotopic (exact) mass is 308 g/mol. The van der Waals surface area contributed by atoms with Crippen LogP contribution in [0.15, 0.2) is 24.4 Å². The Balaban J connectivity index is 1.50. The molecular formula is C18H20N4O. The molecule has 2 aliphatic carbocycles. The van der Waals surface area contributed by atoms with Crippen molar-refractivity contribution in [3.05, 3.63) is 41.5 Å². The lowest BCUT2D eigenvalue weighted by atomic mass is 10.2. The smallest absolute Gasteiger partial charge is 0.218 e. The first-order valence-corrected chi connectivity index (χ1v) is 8.57. The summed E-state index contributed by atoms with van der Waals surface area (Å²) in [6.07, 6.45) is 6.81. The fourth-order valence-corrected chi connectivity index (χ4v) is 3.15. The van der Waals surface area contributed by atoms with E-state index >= 15 is 0 Å². The maximum absolute atomic E-state index is 5.78. The average Bonchev–Trinajstić information content (AvgIpc) is 3.47. The van der Waals surface area contributed by atoms with Crippen LogP contribution in [0.2, 0.25) is 0 Å². The molecule has 23 heavy (non-hydrogen) atoms. The highest BCUT2D eigenvalue weighted by Gasteiger charge is 2.32. The molecular weight excluding hydrogens is 288 g/mol. The molecule has 118 valence electrons. The SMILES string of the molecule is c1cnc2c(c1)CN(c1cc(C3CC3)nc(C3CC3)n1)CCO2. The van der Waals surface area contributed by atoms with Crippen molar-refractivity contribution in [2.45, 2.75) is 44.1 Å². The molecule has 5 rings (SSSR count). The molecule has 3 aliphatic rings. The molecule has 0 spiro atoms. The topological polar surface area (TPSA) is 51.1 Å². The molecule has 5 heteroatoms. The van der Waals surface area contributed by atoms with Gasteiger partial charge in [-0.2, -0.15) is 0 Å². The van der Waals surface area contributed by atoms with E-state index < -0.39 is 0 Å². The maximum Gasteiger partial charge on any atom is 0.218 e. The Morgan fingerprint density at radius 2 is 1.96 bits per heavy atom. The quantitative estimate of drug-likeness (QED) is 0.872. The van der Waals surface area contributed by atoms with E-state index in [-0.39, 0.29) is 0 Å². The van der Waals surface area contributed by atoms with E-state index in [0.29, 0.717) is 18.4 Å². The van der Waals surface area contributed by atoms with Crippen LogP contribution < -0.4 is 9.64 Å². The second-order valence-electron chi connectivity index (χ2n) is 6.80. The van der Waals surface area contributed by atoms with E-state index in [1.165, 1.54) is 31.4 Å². The second kappa shape index (κ2) is 5.18. The highest BCUT2D eigenvalue weighted by molar-refractivity contribution is 5.45. The van der Waals surface area contributed by atoms with Crippen molar-refractivity contribution in [2.75, 3.05) is 18.1 Å². The van der Waals surface area contributed by atoms with E-state index in [0.717, 1.165) is 36.2 Å². The van der Waals surface area contributed by atoms with Crippen LogP contribution in [0.3, 0.4) is 0 Å². The molecule has 5 nitrogen and oxygen atoms in total. The fraction of sp³-hybridized carbons (Fsp3) is 0.500. The van der Waals surface area contributed by atoms with Gasteiger partial charge in [0.1, 0.15) is 18.2 Å². The third-order valence-corrected chi connectivity index (χ3v) is 4.82. The van der Waals surface area contributed by atoms with E-state index in [2.05, 4.69) is 22.0 Å². The molecule has 0 saturated heterocycles. The third kappa shape index (κ3) is 2.64. The number of anilines is 1. The van der Waals surface area contributed by atoms with Crippen LogP contribution in [0, 0.1) is 0 Å². The summed E-state index contributed by atoms with van der Waals surface area (Å²) in [6.45, 7) is 2.28. The van der Waals surface area contributed by atoms with Gasteiger partial charge in [0.15, 0.2) is 0 Å². The summed E-state index contributed by atoms with van der Waals surface area (Å²) in [5, 5.41) is 0. The van der Waals surface area contributed by atoms with Crippen molar-refractivity contribution in [1.29, 1.82) is 0 Å². The third-order valence-electron chi connectivity index (χ3n) is 4.82. The lowest BCUT2D eigenvalue weighted by Gasteiger charge is -2.22. The minimum Gasteiger partial charge on any atom is -0.476 e. The lowest BCUT2D eigenvalue weighted by Crippen LogP contribution is -2.26. The van der Waals surface area contributed by atoms with Gasteiger partial charge in [0.05, 0.1) is 6.54 Å². The van der Waals surface area contributed by atoms with Gasteiger partial charge in [-0.05, 0) is 31.7 Å². The Morgan fingerprint density at radius 3 is 2.78 bits per heavy atom. The molecule has 0 bridgehead atoms. The number of rotatable bonds is 3. The molecule has 0 N–H and O–H groups in total. The zero-order chi connectivity index (χ0) is 15.2. The van der Waals surface area contributed by atoms with Crippen molar-refractivity contribution in [1.82, 2.24) is 15.0 Å². The highest BCUT2D eigenvalue weighted by Crippen LogP contribution is 2.43. The van der Waals surface area contributed by atoms with E-state index in [9.17, 15) is 0 Å². The van der Waals surface area contributed by atoms with Crippen molar-refractivity contribution in [3.8, 4) is 5.88 Å². The first kappa shape index (κ1) is 13.3. The van der Waals surface area contributed by atoms with Crippen LogP contribution in [-0.2, 0) is 6.54 Å². The molecule has 0 atom stereocenters. The van der Waals surface area contributed by atoms with Crippen molar-refractivity contribution >= 4 is 5.82 Å². The molecule has 2 saturated carbocycles. The number of pyridine rings is 1. The summed E-state index contributed by atoms with van der Waals surface area (Å²) in [5.74, 6) is 4.12. The molecule has 2 fully saturated rings. The summed E-state index contributed by atoms with van der Waals surface area (Å²) in [6, 6.07) is 6.26. The van der Waals surface area contributed by atoms with Gasteiger partial charge in [-0.1, -0.05) is 6.07 Å². The fourth-order valence-electron chi connectivity index (χ4n) is 3.15. The Kier molecular flexibility index (Phi) is 2.99.